The quantitative estimate of drug-likeness (QED) is 0.587. The minimum absolute atomic E-state index is 0.0414. The summed E-state index contributed by atoms with van der Waals surface area (Å²) in [4.78, 5) is 11.8. The Kier molecular flexibility index (Phi) is 6.14. The van der Waals surface area contributed by atoms with E-state index in [1.807, 2.05) is 24.3 Å². The molecule has 0 aliphatic heterocycles. The highest BCUT2D eigenvalue weighted by Crippen LogP contribution is 2.21. The molecule has 2 aromatic rings. The minimum Gasteiger partial charge on any atom is -0.493 e. The van der Waals surface area contributed by atoms with Crippen LogP contribution in [0.25, 0.3) is 0 Å². The van der Waals surface area contributed by atoms with Gasteiger partial charge >= 0.3 is 5.97 Å². The average Bonchev–Trinajstić information content (AvgIpc) is 2.46. The van der Waals surface area contributed by atoms with Gasteiger partial charge in [0, 0.05) is 15.1 Å². The van der Waals surface area contributed by atoms with Crippen LogP contribution in [-0.4, -0.2) is 23.4 Å². The maximum absolute atomic E-state index is 10.6. The second-order valence-corrected chi connectivity index (χ2v) is 6.45. The molecule has 0 amide bonds. The number of benzene rings is 2. The Morgan fingerprint density at radius 1 is 1.10 bits per heavy atom. The highest BCUT2D eigenvalue weighted by molar-refractivity contribution is 9.10. The van der Waals surface area contributed by atoms with Gasteiger partial charge in [-0.1, -0.05) is 28.1 Å². The van der Waals surface area contributed by atoms with E-state index in [-0.39, 0.29) is 6.42 Å². The van der Waals surface area contributed by atoms with Crippen molar-refractivity contribution in [3.05, 3.63) is 58.6 Å². The van der Waals surface area contributed by atoms with Crippen LogP contribution < -0.4 is 4.74 Å². The van der Waals surface area contributed by atoms with Crippen molar-refractivity contribution in [1.82, 2.24) is 0 Å². The Hall–Kier alpha value is -1.46. The fraction of sp³-hybridized carbons (Fsp3) is 0.188. The number of halogens is 1. The van der Waals surface area contributed by atoms with Gasteiger partial charge in [0.05, 0.1) is 13.0 Å². The molecule has 3 nitrogen and oxygen atoms in total. The molecule has 5 heteroatoms. The Morgan fingerprint density at radius 3 is 2.38 bits per heavy atom. The zero-order chi connectivity index (χ0) is 15.1. The third-order valence-electron chi connectivity index (χ3n) is 2.71. The highest BCUT2D eigenvalue weighted by Gasteiger charge is 2.01. The van der Waals surface area contributed by atoms with E-state index in [1.165, 1.54) is 4.90 Å². The normalized spacial score (nSPS) is 10.3. The first kappa shape index (κ1) is 15.9. The largest absolute Gasteiger partial charge is 0.493 e. The molecule has 0 heterocycles. The van der Waals surface area contributed by atoms with Crippen molar-refractivity contribution in [1.29, 1.82) is 0 Å². The summed E-state index contributed by atoms with van der Waals surface area (Å²) in [6.07, 6.45) is 0.0414. The van der Waals surface area contributed by atoms with Crippen LogP contribution in [0.15, 0.2) is 57.9 Å². The van der Waals surface area contributed by atoms with Crippen LogP contribution in [0.4, 0.5) is 0 Å². The first-order valence-corrected chi connectivity index (χ1v) is 8.23. The molecule has 0 saturated heterocycles. The van der Waals surface area contributed by atoms with Crippen molar-refractivity contribution in [2.45, 2.75) is 11.3 Å². The molecule has 0 bridgehead atoms. The molecule has 2 rings (SSSR count). The van der Waals surface area contributed by atoms with E-state index in [1.54, 1.807) is 23.9 Å². The van der Waals surface area contributed by atoms with Crippen LogP contribution in [0.1, 0.15) is 5.56 Å². The summed E-state index contributed by atoms with van der Waals surface area (Å²) in [5.41, 5.74) is 0.777. The Labute approximate surface area is 136 Å². The molecule has 1 N–H and O–H groups in total. The molecule has 0 aliphatic carbocycles. The molecule has 0 aromatic heterocycles. The molecule has 0 unspecified atom stereocenters. The topological polar surface area (TPSA) is 46.5 Å². The second kappa shape index (κ2) is 8.10. The van der Waals surface area contributed by atoms with Gasteiger partial charge in [0.15, 0.2) is 0 Å². The summed E-state index contributed by atoms with van der Waals surface area (Å²) >= 11 is 5.14. The first-order chi connectivity index (χ1) is 10.1. The second-order valence-electron chi connectivity index (χ2n) is 4.37. The smallest absolute Gasteiger partial charge is 0.307 e. The van der Waals surface area contributed by atoms with Gasteiger partial charge in [-0.3, -0.25) is 4.79 Å². The predicted molar refractivity (Wildman–Crippen MR) is 88.1 cm³/mol. The first-order valence-electron chi connectivity index (χ1n) is 6.45. The Bertz CT molecular complexity index is 581. The summed E-state index contributed by atoms with van der Waals surface area (Å²) in [7, 11) is 0. The fourth-order valence-electron chi connectivity index (χ4n) is 1.73. The number of carbonyl (C=O) groups is 1. The number of carboxylic acids is 1. The molecule has 0 aliphatic rings. The summed E-state index contributed by atoms with van der Waals surface area (Å²) < 4.78 is 6.71. The number of aliphatic carboxylic acids is 1. The fourth-order valence-corrected chi connectivity index (χ4v) is 2.72. The number of ether oxygens (including phenoxy) is 1. The molecular formula is C16H15BrO3S. The molecule has 21 heavy (non-hydrogen) atoms. The number of rotatable bonds is 7. The number of carboxylic acid groups (broad SMARTS) is 1. The van der Waals surface area contributed by atoms with E-state index in [0.717, 1.165) is 21.5 Å². The van der Waals surface area contributed by atoms with Gasteiger partial charge in [-0.25, -0.2) is 0 Å². The standard InChI is InChI=1S/C16H15BrO3S/c17-13-3-7-15(8-4-13)21-10-9-20-14-5-1-12(2-6-14)11-16(18)19/h1-8H,9-11H2,(H,18,19). The summed E-state index contributed by atoms with van der Waals surface area (Å²) in [5, 5.41) is 8.70. The third-order valence-corrected chi connectivity index (χ3v) is 4.22. The number of thioether (sulfide) groups is 1. The van der Waals surface area contributed by atoms with E-state index >= 15 is 0 Å². The lowest BCUT2D eigenvalue weighted by Crippen LogP contribution is -2.02. The van der Waals surface area contributed by atoms with Gasteiger partial charge in [0.1, 0.15) is 5.75 Å². The van der Waals surface area contributed by atoms with Crippen molar-refractivity contribution in [2.75, 3.05) is 12.4 Å². The Balaban J connectivity index is 1.73. The van der Waals surface area contributed by atoms with E-state index in [2.05, 4.69) is 28.1 Å². The minimum atomic E-state index is -0.824. The molecule has 0 fully saturated rings. The average molecular weight is 367 g/mol. The monoisotopic (exact) mass is 366 g/mol. The predicted octanol–water partition coefficient (Wildman–Crippen LogP) is 4.25. The van der Waals surface area contributed by atoms with Crippen LogP contribution >= 0.6 is 27.7 Å². The molecule has 0 atom stereocenters. The summed E-state index contributed by atoms with van der Waals surface area (Å²) in [5.74, 6) is 0.800. The van der Waals surface area contributed by atoms with Crippen molar-refractivity contribution < 1.29 is 14.6 Å². The van der Waals surface area contributed by atoms with Gasteiger partial charge in [-0.05, 0) is 42.0 Å². The summed E-state index contributed by atoms with van der Waals surface area (Å²) in [6.45, 7) is 0.610. The van der Waals surface area contributed by atoms with Crippen LogP contribution in [0.3, 0.4) is 0 Å². The molecule has 110 valence electrons. The van der Waals surface area contributed by atoms with Crippen molar-refractivity contribution in [2.24, 2.45) is 0 Å². The van der Waals surface area contributed by atoms with Crippen molar-refractivity contribution >= 4 is 33.7 Å². The maximum Gasteiger partial charge on any atom is 0.307 e. The van der Waals surface area contributed by atoms with Crippen molar-refractivity contribution in [3.8, 4) is 5.75 Å². The maximum atomic E-state index is 10.6. The summed E-state index contributed by atoms with van der Waals surface area (Å²) in [6, 6.07) is 15.3. The zero-order valence-electron chi connectivity index (χ0n) is 11.3. The highest BCUT2D eigenvalue weighted by atomic mass is 79.9. The molecule has 0 saturated carbocycles. The van der Waals surface area contributed by atoms with Gasteiger partial charge in [0.25, 0.3) is 0 Å². The van der Waals surface area contributed by atoms with E-state index in [4.69, 9.17) is 9.84 Å². The lowest BCUT2D eigenvalue weighted by atomic mass is 10.1. The van der Waals surface area contributed by atoms with Crippen LogP contribution in [0.5, 0.6) is 5.75 Å². The molecule has 2 aromatic carbocycles. The van der Waals surface area contributed by atoms with Gasteiger partial charge in [-0.2, -0.15) is 0 Å². The molecular weight excluding hydrogens is 352 g/mol. The lowest BCUT2D eigenvalue weighted by molar-refractivity contribution is -0.136. The van der Waals surface area contributed by atoms with E-state index in [0.29, 0.717) is 6.61 Å². The van der Waals surface area contributed by atoms with Crippen LogP contribution in [0.2, 0.25) is 0 Å². The van der Waals surface area contributed by atoms with Gasteiger partial charge in [0.2, 0.25) is 0 Å². The molecule has 0 radical (unpaired) electrons. The van der Waals surface area contributed by atoms with Gasteiger partial charge in [-0.15, -0.1) is 11.8 Å². The lowest BCUT2D eigenvalue weighted by Gasteiger charge is -2.07. The SMILES string of the molecule is O=C(O)Cc1ccc(OCCSc2ccc(Br)cc2)cc1. The van der Waals surface area contributed by atoms with E-state index in [9.17, 15) is 4.79 Å². The van der Waals surface area contributed by atoms with E-state index < -0.39 is 5.97 Å². The van der Waals surface area contributed by atoms with Crippen LogP contribution in [-0.2, 0) is 11.2 Å². The molecule has 0 spiro atoms. The Morgan fingerprint density at radius 2 is 1.76 bits per heavy atom. The number of hydrogen-bond acceptors (Lipinski definition) is 3. The third kappa shape index (κ3) is 5.81. The van der Waals surface area contributed by atoms with Gasteiger partial charge < -0.3 is 9.84 Å². The van der Waals surface area contributed by atoms with Crippen LogP contribution in [0, 0.1) is 0 Å². The number of hydrogen-bond donors (Lipinski definition) is 1. The zero-order valence-corrected chi connectivity index (χ0v) is 13.7. The van der Waals surface area contributed by atoms with Crippen molar-refractivity contribution in [3.63, 3.8) is 0 Å².